The van der Waals surface area contributed by atoms with Crippen LogP contribution in [-0.4, -0.2) is 65.3 Å². The molecule has 0 amide bonds. The molecule has 2 aliphatic carbocycles. The Morgan fingerprint density at radius 1 is 0.632 bits per heavy atom. The summed E-state index contributed by atoms with van der Waals surface area (Å²) in [5.41, 5.74) is 4.02. The van der Waals surface area contributed by atoms with Crippen LogP contribution in [0.1, 0.15) is 50.7 Å². The highest BCUT2D eigenvalue weighted by atomic mass is 127. The number of aliphatic carboxylic acids is 1. The number of methoxy groups -OCH3 is 1. The number of ether oxygens (including phenoxy) is 7. The van der Waals surface area contributed by atoms with Crippen LogP contribution in [0.15, 0.2) is 114 Å². The van der Waals surface area contributed by atoms with Crippen LogP contribution in [0.4, 0.5) is 11.4 Å². The van der Waals surface area contributed by atoms with Gasteiger partial charge in [-0.2, -0.15) is 0 Å². The SMILES string of the molecule is COC(=O)CC1C2CN(c3cccc4c3O[C@](C)(c3ccc(Cl)cn3)O4)CC12.C[C@@]1(c2ccc(Cl)cn2)Oc2cccc(Br)c2O1.C[C@@]1(c2ccc(Cl)cn2)Oc2cccc(N3CC4C(CC(=O)O)C4C3)c2O1.PPI. The van der Waals surface area contributed by atoms with Crippen LogP contribution in [0.25, 0.3) is 0 Å². The van der Waals surface area contributed by atoms with Gasteiger partial charge >= 0.3 is 11.9 Å². The molecule has 3 aromatic carbocycles. The van der Waals surface area contributed by atoms with Gasteiger partial charge in [-0.15, -0.1) is 8.93 Å². The Labute approximate surface area is 480 Å². The van der Waals surface area contributed by atoms with Crippen LogP contribution < -0.4 is 38.2 Å². The van der Waals surface area contributed by atoms with Gasteiger partial charge in [-0.3, -0.25) is 24.5 Å². The zero-order valence-corrected chi connectivity index (χ0v) is 49.6. The van der Waals surface area contributed by atoms with Crippen LogP contribution in [-0.2, 0) is 31.7 Å². The van der Waals surface area contributed by atoms with Crippen molar-refractivity contribution in [2.75, 3.05) is 43.1 Å². The van der Waals surface area contributed by atoms with Gasteiger partial charge in [0.15, 0.2) is 34.5 Å². The lowest BCUT2D eigenvalue weighted by molar-refractivity contribution is -0.141. The Morgan fingerprint density at radius 2 is 0.987 bits per heavy atom. The van der Waals surface area contributed by atoms with Crippen LogP contribution >= 0.6 is 87.6 Å². The molecule has 0 bridgehead atoms. The van der Waals surface area contributed by atoms with E-state index in [0.717, 1.165) is 53.7 Å². The number of carboxylic acids is 1. The van der Waals surface area contributed by atoms with Crippen molar-refractivity contribution in [3.8, 4) is 34.5 Å². The average molecular weight is 1310 g/mol. The highest BCUT2D eigenvalue weighted by molar-refractivity contribution is 14.2. The van der Waals surface area contributed by atoms with E-state index in [1.54, 1.807) is 48.9 Å². The van der Waals surface area contributed by atoms with E-state index in [1.165, 1.54) is 7.11 Å². The van der Waals surface area contributed by atoms with E-state index in [-0.39, 0.29) is 12.4 Å². The molecular weight excluding hydrogens is 1250 g/mol. The molecule has 3 aromatic heterocycles. The van der Waals surface area contributed by atoms with Gasteiger partial charge in [0.2, 0.25) is 0 Å². The molecule has 8 heterocycles. The van der Waals surface area contributed by atoms with Gasteiger partial charge in [0.1, 0.15) is 17.1 Å². The van der Waals surface area contributed by atoms with Gasteiger partial charge in [-0.05, 0) is 130 Å². The number of anilines is 2. The third-order valence-corrected chi connectivity index (χ3v) is 16.0. The van der Waals surface area contributed by atoms with Crippen molar-refractivity contribution >= 4 is 111 Å². The maximum atomic E-state index is 11.5. The maximum absolute atomic E-state index is 11.5. The van der Waals surface area contributed by atoms with Crippen molar-refractivity contribution in [3.05, 3.63) is 146 Å². The van der Waals surface area contributed by atoms with Crippen molar-refractivity contribution in [3.63, 3.8) is 0 Å². The normalized spacial score (nSPS) is 27.0. The second kappa shape index (κ2) is 22.3. The van der Waals surface area contributed by atoms with Crippen molar-refractivity contribution < 1.29 is 47.9 Å². The fourth-order valence-corrected chi connectivity index (χ4v) is 11.6. The molecule has 1 N–H and O–H groups in total. The predicted molar refractivity (Wildman–Crippen MR) is 307 cm³/mol. The highest BCUT2D eigenvalue weighted by Crippen LogP contribution is 2.59. The number of hydrogen-bond acceptors (Lipinski definition) is 14. The number of aromatic nitrogens is 3. The number of esters is 1. The first-order valence-electron chi connectivity index (χ1n) is 24.3. The lowest BCUT2D eigenvalue weighted by Gasteiger charge is -2.25. The summed E-state index contributed by atoms with van der Waals surface area (Å²) < 4.78 is 42.1. The van der Waals surface area contributed by atoms with Gasteiger partial charge < -0.3 is 48.1 Å². The standard InChI is InChI=1S/C21H21ClN2O4.C20H19ClN2O4.C13H9BrClNO2.H3IP2/c1-21(18-7-6-12(22)9-23-18)27-17-5-3-4-16(20(17)28-21)24-10-14-13(15(14)11-24)8-19(25)26-2;1-20(17-6-5-11(21)8-22-17)26-16-4-2-3-15(19(16)27-20)23-9-13-12(7-18(24)25)14(13)10-23;1-13(11-6-5-8(15)7-16-11)17-10-4-2-3-9(14)12(10)18-13;1-3-2/h3-7,9,13-15H,8,10-11H2,1-2H3;2-6,8,12-14H,7,9-10H2,1H3,(H,24,25);2-7H,1H3;3H,2H2/t13?,14?,15?,21-;12?,13?,14?,20-;13-;/m111./s1. The third kappa shape index (κ3) is 11.3. The first-order chi connectivity index (χ1) is 36.4. The number of benzene rings is 3. The minimum Gasteiger partial charge on any atom is -0.481 e. The number of hydrogen-bond donors (Lipinski definition) is 1. The summed E-state index contributed by atoms with van der Waals surface area (Å²) in [5, 5.41) is 10.7. The summed E-state index contributed by atoms with van der Waals surface area (Å²) in [6.07, 6.45) is 5.54. The zero-order valence-electron chi connectivity index (χ0n) is 41.4. The largest absolute Gasteiger partial charge is 0.481 e. The molecule has 0 radical (unpaired) electrons. The Hall–Kier alpha value is -4.61. The van der Waals surface area contributed by atoms with E-state index < -0.39 is 23.3 Å². The quantitative estimate of drug-likeness (QED) is 0.0825. The maximum Gasteiger partial charge on any atom is 0.305 e. The second-order valence-corrected chi connectivity index (χ2v) is 28.2. The summed E-state index contributed by atoms with van der Waals surface area (Å²) in [6.45, 7) is 9.09. The highest BCUT2D eigenvalue weighted by Gasteiger charge is 2.58. The zero-order chi connectivity index (χ0) is 53.7. The van der Waals surface area contributed by atoms with Crippen LogP contribution in [0.5, 0.6) is 34.5 Å². The first-order valence-corrected chi connectivity index (χ1v) is 32.2. The number of carbonyl (C=O) groups is 2. The minimum absolute atomic E-state index is 0.116. The molecule has 2 saturated heterocycles. The van der Waals surface area contributed by atoms with Gasteiger partial charge in [0, 0.05) is 78.4 Å². The molecule has 5 aliphatic heterocycles. The molecule has 398 valence electrons. The number of nitrogens with zero attached hydrogens (tertiary/aromatic N) is 5. The lowest BCUT2D eigenvalue weighted by Crippen LogP contribution is -2.33. The van der Waals surface area contributed by atoms with E-state index in [2.05, 4.69) is 77.7 Å². The molecule has 6 aromatic rings. The fraction of sp³-hybridized carbons (Fsp3) is 0.352. The van der Waals surface area contributed by atoms with E-state index in [1.807, 2.05) is 75.4 Å². The van der Waals surface area contributed by atoms with E-state index in [0.29, 0.717) is 103 Å². The molecule has 13 rings (SSSR count). The molecule has 22 heteroatoms. The topological polar surface area (TPSA) is 164 Å². The number of piperidine rings is 2. The number of fused-ring (bicyclic) bond motifs is 5. The summed E-state index contributed by atoms with van der Waals surface area (Å²) >= 11 is 23.4. The number of pyridine rings is 3. The van der Waals surface area contributed by atoms with E-state index in [4.69, 9.17) is 73.1 Å². The Balaban J connectivity index is 0.000000129. The predicted octanol–water partition coefficient (Wildman–Crippen LogP) is 13.1. The van der Waals surface area contributed by atoms with Crippen LogP contribution in [0, 0.1) is 35.5 Å². The van der Waals surface area contributed by atoms with Crippen molar-refractivity contribution in [1.82, 2.24) is 15.0 Å². The number of rotatable bonds is 9. The smallest absolute Gasteiger partial charge is 0.305 e. The minimum atomic E-state index is -1.00. The second-order valence-electron chi connectivity index (χ2n) is 19.6. The van der Waals surface area contributed by atoms with Gasteiger partial charge in [-0.25, -0.2) is 0 Å². The molecule has 76 heavy (non-hydrogen) atoms. The van der Waals surface area contributed by atoms with Crippen LogP contribution in [0.2, 0.25) is 15.1 Å². The van der Waals surface area contributed by atoms with Crippen molar-refractivity contribution in [2.45, 2.75) is 51.0 Å². The Morgan fingerprint density at radius 3 is 1.33 bits per heavy atom. The first kappa shape index (κ1) is 54.7. The number of carboxylic acid groups (broad SMARTS) is 1. The molecule has 6 unspecified atom stereocenters. The molecule has 2 saturated carbocycles. The third-order valence-electron chi connectivity index (χ3n) is 14.7. The average Bonchev–Trinajstić information content (AvgIpc) is 3.87. The summed E-state index contributed by atoms with van der Waals surface area (Å²) in [7, 11) is 4.04. The fourth-order valence-electron chi connectivity index (χ4n) is 10.8. The summed E-state index contributed by atoms with van der Waals surface area (Å²) in [4.78, 5) is 40.1. The number of halogens is 5. The van der Waals surface area contributed by atoms with Crippen molar-refractivity contribution in [1.29, 1.82) is 0 Å². The monoisotopic (exact) mass is 1300 g/mol. The van der Waals surface area contributed by atoms with Gasteiger partial charge in [-0.1, -0.05) is 75.0 Å². The van der Waals surface area contributed by atoms with Crippen LogP contribution in [0.3, 0.4) is 0 Å². The molecule has 9 atom stereocenters. The Bertz CT molecular complexity index is 3120. The number of carbonyl (C=O) groups excluding carboxylic acids is 1. The van der Waals surface area contributed by atoms with Gasteiger partial charge in [0.25, 0.3) is 17.4 Å². The van der Waals surface area contributed by atoms with Gasteiger partial charge in [0.05, 0.1) is 38.0 Å². The molecule has 15 nitrogen and oxygen atoms in total. The summed E-state index contributed by atoms with van der Waals surface area (Å²) in [6, 6.07) is 28.2. The van der Waals surface area contributed by atoms with Crippen molar-refractivity contribution in [2.24, 2.45) is 35.5 Å². The summed E-state index contributed by atoms with van der Waals surface area (Å²) in [5.74, 6) is 4.26. The molecule has 4 fully saturated rings. The molecule has 0 spiro atoms. The molecular formula is C54H52BrCl3IN5O10P2. The van der Waals surface area contributed by atoms with E-state index in [9.17, 15) is 9.59 Å². The number of para-hydroxylation sites is 3. The van der Waals surface area contributed by atoms with E-state index >= 15 is 0 Å². The molecule has 7 aliphatic rings. The Kier molecular flexibility index (Phi) is 16.0. The lowest BCUT2D eigenvalue weighted by atomic mass is 10.1.